The van der Waals surface area contributed by atoms with Gasteiger partial charge in [-0.25, -0.2) is 9.37 Å². The van der Waals surface area contributed by atoms with Crippen molar-refractivity contribution < 1.29 is 4.39 Å². The SMILES string of the molecule is CN=C(NCCCc1ccc(Br)cc1F)NCc1ccnc(N2CCCC2)c1.I. The summed E-state index contributed by atoms with van der Waals surface area (Å²) < 4.78 is 14.6. The highest BCUT2D eigenvalue weighted by atomic mass is 127. The van der Waals surface area contributed by atoms with Crippen LogP contribution >= 0.6 is 39.9 Å². The first-order valence-corrected chi connectivity index (χ1v) is 10.5. The van der Waals surface area contributed by atoms with Crippen molar-refractivity contribution in [1.29, 1.82) is 0 Å². The zero-order valence-electron chi connectivity index (χ0n) is 16.6. The van der Waals surface area contributed by atoms with E-state index < -0.39 is 0 Å². The molecule has 0 spiro atoms. The predicted molar refractivity (Wildman–Crippen MR) is 132 cm³/mol. The van der Waals surface area contributed by atoms with Crippen molar-refractivity contribution >= 4 is 51.7 Å². The monoisotopic (exact) mass is 575 g/mol. The molecule has 2 aromatic rings. The number of aliphatic imine (C=N–C) groups is 1. The molecular weight excluding hydrogens is 548 g/mol. The normalized spacial score (nSPS) is 13.9. The van der Waals surface area contributed by atoms with Gasteiger partial charge in [0.1, 0.15) is 11.6 Å². The topological polar surface area (TPSA) is 52.6 Å². The Morgan fingerprint density at radius 2 is 2.00 bits per heavy atom. The fourth-order valence-electron chi connectivity index (χ4n) is 3.31. The van der Waals surface area contributed by atoms with Crippen molar-refractivity contribution in [3.8, 4) is 0 Å². The van der Waals surface area contributed by atoms with Gasteiger partial charge in [0.15, 0.2) is 5.96 Å². The third kappa shape index (κ3) is 7.40. The second-order valence-corrected chi connectivity index (χ2v) is 7.82. The first kappa shape index (κ1) is 23.9. The molecule has 0 bridgehead atoms. The van der Waals surface area contributed by atoms with Crippen molar-refractivity contribution in [3.63, 3.8) is 0 Å². The molecule has 1 aliphatic rings. The third-order valence-corrected chi connectivity index (χ3v) is 5.35. The summed E-state index contributed by atoms with van der Waals surface area (Å²) in [6.07, 6.45) is 5.86. The van der Waals surface area contributed by atoms with Crippen molar-refractivity contribution in [3.05, 3.63) is 57.9 Å². The Kier molecular flexibility index (Phi) is 10.1. The van der Waals surface area contributed by atoms with E-state index in [0.717, 1.165) is 47.9 Å². The van der Waals surface area contributed by atoms with Gasteiger partial charge < -0.3 is 15.5 Å². The molecule has 0 radical (unpaired) electrons. The van der Waals surface area contributed by atoms with Crippen molar-refractivity contribution in [1.82, 2.24) is 15.6 Å². The van der Waals surface area contributed by atoms with Crippen LogP contribution in [0.25, 0.3) is 0 Å². The van der Waals surface area contributed by atoms with Crippen LogP contribution in [0.4, 0.5) is 10.2 Å². The highest BCUT2D eigenvalue weighted by molar-refractivity contribution is 14.0. The van der Waals surface area contributed by atoms with Crippen LogP contribution in [0.5, 0.6) is 0 Å². The molecule has 158 valence electrons. The van der Waals surface area contributed by atoms with Crippen LogP contribution < -0.4 is 15.5 Å². The van der Waals surface area contributed by atoms with E-state index in [1.54, 1.807) is 7.05 Å². The molecule has 1 aliphatic heterocycles. The van der Waals surface area contributed by atoms with Gasteiger partial charge in [-0.05, 0) is 61.1 Å². The Labute approximate surface area is 197 Å². The van der Waals surface area contributed by atoms with Gasteiger partial charge in [-0.15, -0.1) is 24.0 Å². The molecule has 1 saturated heterocycles. The minimum Gasteiger partial charge on any atom is -0.357 e. The number of aromatic nitrogens is 1. The van der Waals surface area contributed by atoms with E-state index in [2.05, 4.69) is 47.5 Å². The summed E-state index contributed by atoms with van der Waals surface area (Å²) in [4.78, 5) is 11.1. The van der Waals surface area contributed by atoms with E-state index in [-0.39, 0.29) is 29.8 Å². The third-order valence-electron chi connectivity index (χ3n) is 4.85. The molecule has 5 nitrogen and oxygen atoms in total. The Balaban J connectivity index is 0.00000300. The quantitative estimate of drug-likeness (QED) is 0.221. The molecule has 0 atom stereocenters. The first-order valence-electron chi connectivity index (χ1n) is 9.74. The molecule has 0 amide bonds. The molecule has 3 rings (SSSR count). The summed E-state index contributed by atoms with van der Waals surface area (Å²) >= 11 is 3.28. The van der Waals surface area contributed by atoms with Gasteiger partial charge in [-0.3, -0.25) is 4.99 Å². The number of rotatable bonds is 7. The summed E-state index contributed by atoms with van der Waals surface area (Å²) in [5.74, 6) is 1.63. The number of aryl methyl sites for hydroxylation is 1. The molecule has 0 aliphatic carbocycles. The first-order chi connectivity index (χ1) is 13.7. The van der Waals surface area contributed by atoms with Gasteiger partial charge in [-0.1, -0.05) is 22.0 Å². The second kappa shape index (κ2) is 12.3. The number of pyridine rings is 1. The minimum absolute atomic E-state index is 0. The Hall–Kier alpha value is -1.42. The average molecular weight is 576 g/mol. The molecule has 2 heterocycles. The van der Waals surface area contributed by atoms with Gasteiger partial charge in [0.2, 0.25) is 0 Å². The van der Waals surface area contributed by atoms with Crippen molar-refractivity contribution in [2.24, 2.45) is 4.99 Å². The minimum atomic E-state index is -0.164. The lowest BCUT2D eigenvalue weighted by Gasteiger charge is -2.17. The van der Waals surface area contributed by atoms with Gasteiger partial charge >= 0.3 is 0 Å². The molecule has 29 heavy (non-hydrogen) atoms. The van der Waals surface area contributed by atoms with Crippen LogP contribution in [0.2, 0.25) is 0 Å². The molecule has 1 aromatic heterocycles. The zero-order valence-corrected chi connectivity index (χ0v) is 20.5. The number of hydrogen-bond donors (Lipinski definition) is 2. The lowest BCUT2D eigenvalue weighted by atomic mass is 10.1. The summed E-state index contributed by atoms with van der Waals surface area (Å²) in [5, 5.41) is 6.62. The molecule has 1 aromatic carbocycles. The van der Waals surface area contributed by atoms with E-state index in [9.17, 15) is 4.39 Å². The van der Waals surface area contributed by atoms with E-state index >= 15 is 0 Å². The van der Waals surface area contributed by atoms with Gasteiger partial charge in [0, 0.05) is 43.9 Å². The fourth-order valence-corrected chi connectivity index (χ4v) is 3.64. The van der Waals surface area contributed by atoms with Crippen LogP contribution in [0.1, 0.15) is 30.4 Å². The molecule has 0 unspecified atom stereocenters. The highest BCUT2D eigenvalue weighted by Crippen LogP contribution is 2.18. The highest BCUT2D eigenvalue weighted by Gasteiger charge is 2.13. The fraction of sp³-hybridized carbons (Fsp3) is 0.429. The maximum Gasteiger partial charge on any atom is 0.191 e. The van der Waals surface area contributed by atoms with E-state index in [1.165, 1.54) is 24.5 Å². The largest absolute Gasteiger partial charge is 0.357 e. The molecule has 0 saturated carbocycles. The van der Waals surface area contributed by atoms with Crippen molar-refractivity contribution in [2.75, 3.05) is 31.6 Å². The number of benzene rings is 1. The number of anilines is 1. The number of nitrogens with one attached hydrogen (secondary N) is 2. The Bertz CT molecular complexity index is 811. The van der Waals surface area contributed by atoms with E-state index in [1.807, 2.05) is 24.4 Å². The van der Waals surface area contributed by atoms with Crippen LogP contribution in [-0.4, -0.2) is 37.6 Å². The predicted octanol–water partition coefficient (Wildman–Crippen LogP) is 4.50. The average Bonchev–Trinajstić information content (AvgIpc) is 3.24. The lowest BCUT2D eigenvalue weighted by Crippen LogP contribution is -2.37. The maximum atomic E-state index is 13.9. The zero-order chi connectivity index (χ0) is 19.8. The van der Waals surface area contributed by atoms with Crippen molar-refractivity contribution in [2.45, 2.75) is 32.2 Å². The molecular formula is C21H28BrFIN5. The van der Waals surface area contributed by atoms with Gasteiger partial charge in [0.25, 0.3) is 0 Å². The molecule has 2 N–H and O–H groups in total. The number of hydrogen-bond acceptors (Lipinski definition) is 3. The Morgan fingerprint density at radius 3 is 2.72 bits per heavy atom. The standard InChI is InChI=1S/C21H27BrFN5.HI/c1-24-21(26-9-4-5-17-6-7-18(22)14-19(17)23)27-15-16-8-10-25-20(13-16)28-11-2-3-12-28;/h6-8,10,13-14H,2-5,9,11-12,15H2,1H3,(H2,24,26,27);1H. The summed E-state index contributed by atoms with van der Waals surface area (Å²) in [7, 11) is 1.76. The van der Waals surface area contributed by atoms with Crippen LogP contribution in [-0.2, 0) is 13.0 Å². The summed E-state index contributed by atoms with van der Waals surface area (Å²) in [5.41, 5.74) is 1.91. The van der Waals surface area contributed by atoms with E-state index in [4.69, 9.17) is 0 Å². The number of nitrogens with zero attached hydrogens (tertiary/aromatic N) is 3. The van der Waals surface area contributed by atoms with Gasteiger partial charge in [-0.2, -0.15) is 0 Å². The summed E-state index contributed by atoms with van der Waals surface area (Å²) in [6, 6.07) is 9.37. The number of halogens is 3. The second-order valence-electron chi connectivity index (χ2n) is 6.91. The summed E-state index contributed by atoms with van der Waals surface area (Å²) in [6.45, 7) is 3.59. The van der Waals surface area contributed by atoms with Gasteiger partial charge in [0.05, 0.1) is 0 Å². The molecule has 1 fully saturated rings. The molecule has 8 heteroatoms. The number of guanidine groups is 1. The lowest BCUT2D eigenvalue weighted by molar-refractivity contribution is 0.602. The smallest absolute Gasteiger partial charge is 0.191 e. The maximum absolute atomic E-state index is 13.9. The van der Waals surface area contributed by atoms with E-state index in [0.29, 0.717) is 13.0 Å². The Morgan fingerprint density at radius 1 is 1.21 bits per heavy atom. The van der Waals surface area contributed by atoms with Crippen LogP contribution in [0.3, 0.4) is 0 Å². The van der Waals surface area contributed by atoms with Crippen LogP contribution in [0.15, 0.2) is 46.0 Å². The van der Waals surface area contributed by atoms with Crippen LogP contribution in [0, 0.1) is 5.82 Å².